The van der Waals surface area contributed by atoms with Crippen LogP contribution in [0.5, 0.6) is 11.5 Å². The smallest absolute Gasteiger partial charge is 0.282 e. The SMILES string of the molecule is CCOc1cc(C=Nn2c(-c3cc4cc(Cl)ccc4o3)nc3ccccc3c2=O)ccc1OCC(=O)Nc1ccc(Cl)cc1. The Morgan fingerprint density at radius 2 is 1.75 bits per heavy atom. The standard InChI is InChI=1S/C33H24Cl2N4O5/c1-2-42-29-15-20(7-13-28(29)43-19-31(40)37-24-11-8-22(34)9-12-24)18-36-39-32(38-26-6-4-3-5-25(26)33(39)41)30-17-21-16-23(35)10-14-27(21)44-30/h3-18H,2,19H2,1H3,(H,37,40). The van der Waals surface area contributed by atoms with E-state index in [9.17, 15) is 9.59 Å². The van der Waals surface area contributed by atoms with Gasteiger partial charge in [-0.15, -0.1) is 0 Å². The van der Waals surface area contributed by atoms with Crippen LogP contribution in [0.15, 0.2) is 105 Å². The number of hydrogen-bond acceptors (Lipinski definition) is 7. The fourth-order valence-electron chi connectivity index (χ4n) is 4.51. The van der Waals surface area contributed by atoms with Crippen LogP contribution in [0, 0.1) is 0 Å². The molecule has 0 saturated carbocycles. The van der Waals surface area contributed by atoms with Gasteiger partial charge in [-0.3, -0.25) is 9.59 Å². The number of carbonyl (C=O) groups is 1. The zero-order valence-electron chi connectivity index (χ0n) is 23.3. The maximum Gasteiger partial charge on any atom is 0.282 e. The van der Waals surface area contributed by atoms with Crippen molar-refractivity contribution in [3.63, 3.8) is 0 Å². The van der Waals surface area contributed by atoms with Crippen LogP contribution in [-0.4, -0.2) is 35.0 Å². The number of halogens is 2. The predicted molar refractivity (Wildman–Crippen MR) is 172 cm³/mol. The summed E-state index contributed by atoms with van der Waals surface area (Å²) in [6.07, 6.45) is 1.51. The Morgan fingerprint density at radius 1 is 0.955 bits per heavy atom. The fraction of sp³-hybridized carbons (Fsp3) is 0.0909. The summed E-state index contributed by atoms with van der Waals surface area (Å²) in [5, 5.41) is 9.57. The van der Waals surface area contributed by atoms with E-state index in [4.69, 9.17) is 42.1 Å². The molecule has 9 nitrogen and oxygen atoms in total. The first-order valence-corrected chi connectivity index (χ1v) is 14.3. The van der Waals surface area contributed by atoms with Crippen LogP contribution < -0.4 is 20.3 Å². The van der Waals surface area contributed by atoms with Crippen molar-refractivity contribution in [3.8, 4) is 23.1 Å². The summed E-state index contributed by atoms with van der Waals surface area (Å²) < 4.78 is 18.8. The number of anilines is 1. The molecule has 2 heterocycles. The summed E-state index contributed by atoms with van der Waals surface area (Å²) in [7, 11) is 0. The Hall–Kier alpha value is -5.12. The van der Waals surface area contributed by atoms with Gasteiger partial charge in [-0.1, -0.05) is 35.3 Å². The van der Waals surface area contributed by atoms with Gasteiger partial charge >= 0.3 is 0 Å². The predicted octanol–water partition coefficient (Wildman–Crippen LogP) is 7.41. The molecule has 2 aromatic heterocycles. The number of benzene rings is 4. The van der Waals surface area contributed by atoms with Gasteiger partial charge in [-0.2, -0.15) is 9.78 Å². The number of nitrogens with one attached hydrogen (secondary N) is 1. The number of para-hydroxylation sites is 1. The highest BCUT2D eigenvalue weighted by molar-refractivity contribution is 6.31. The molecule has 11 heteroatoms. The molecule has 4 aromatic carbocycles. The molecule has 0 saturated heterocycles. The molecule has 1 N–H and O–H groups in total. The minimum atomic E-state index is -0.364. The molecule has 6 aromatic rings. The Morgan fingerprint density at radius 3 is 2.57 bits per heavy atom. The van der Waals surface area contributed by atoms with E-state index in [-0.39, 0.29) is 23.9 Å². The summed E-state index contributed by atoms with van der Waals surface area (Å²) in [4.78, 5) is 30.7. The van der Waals surface area contributed by atoms with Crippen molar-refractivity contribution in [3.05, 3.63) is 117 Å². The van der Waals surface area contributed by atoms with E-state index in [1.165, 1.54) is 10.9 Å². The maximum atomic E-state index is 13.6. The summed E-state index contributed by atoms with van der Waals surface area (Å²) in [6, 6.07) is 26.0. The summed E-state index contributed by atoms with van der Waals surface area (Å²) in [5.74, 6) is 1.03. The summed E-state index contributed by atoms with van der Waals surface area (Å²) in [6.45, 7) is 1.97. The molecule has 6 rings (SSSR count). The molecule has 0 aliphatic heterocycles. The Labute approximate surface area is 261 Å². The molecule has 44 heavy (non-hydrogen) atoms. The van der Waals surface area contributed by atoms with E-state index >= 15 is 0 Å². The van der Waals surface area contributed by atoms with Crippen molar-refractivity contribution in [2.24, 2.45) is 5.10 Å². The number of fused-ring (bicyclic) bond motifs is 2. The van der Waals surface area contributed by atoms with Gasteiger partial charge in [-0.25, -0.2) is 4.98 Å². The second kappa shape index (κ2) is 12.6. The maximum absolute atomic E-state index is 13.6. The lowest BCUT2D eigenvalue weighted by Crippen LogP contribution is -2.20. The van der Waals surface area contributed by atoms with Crippen molar-refractivity contribution >= 4 is 62.9 Å². The van der Waals surface area contributed by atoms with Crippen LogP contribution in [0.1, 0.15) is 12.5 Å². The Balaban J connectivity index is 1.30. The molecule has 0 atom stereocenters. The fourth-order valence-corrected chi connectivity index (χ4v) is 4.81. The number of furan rings is 1. The lowest BCUT2D eigenvalue weighted by Gasteiger charge is -2.13. The highest BCUT2D eigenvalue weighted by Gasteiger charge is 2.17. The van der Waals surface area contributed by atoms with Crippen LogP contribution in [-0.2, 0) is 4.79 Å². The number of aromatic nitrogens is 2. The van der Waals surface area contributed by atoms with E-state index in [2.05, 4.69) is 10.4 Å². The highest BCUT2D eigenvalue weighted by atomic mass is 35.5. The highest BCUT2D eigenvalue weighted by Crippen LogP contribution is 2.30. The van der Waals surface area contributed by atoms with E-state index in [1.807, 2.05) is 13.0 Å². The van der Waals surface area contributed by atoms with Crippen LogP contribution in [0.4, 0.5) is 5.69 Å². The van der Waals surface area contributed by atoms with Crippen molar-refractivity contribution in [2.45, 2.75) is 6.92 Å². The first kappa shape index (κ1) is 29.0. The average Bonchev–Trinajstić information content (AvgIpc) is 3.44. The third kappa shape index (κ3) is 6.29. The lowest BCUT2D eigenvalue weighted by molar-refractivity contribution is -0.118. The Kier molecular flexibility index (Phi) is 8.31. The molecule has 0 aliphatic rings. The van der Waals surface area contributed by atoms with E-state index in [1.54, 1.807) is 84.9 Å². The average molecular weight is 627 g/mol. The van der Waals surface area contributed by atoms with E-state index in [0.717, 1.165) is 5.39 Å². The van der Waals surface area contributed by atoms with Crippen molar-refractivity contribution < 1.29 is 18.7 Å². The third-order valence-corrected chi connectivity index (χ3v) is 7.02. The molecule has 0 aliphatic carbocycles. The Bertz CT molecular complexity index is 2090. The van der Waals surface area contributed by atoms with Gasteiger partial charge in [0.15, 0.2) is 23.9 Å². The summed E-state index contributed by atoms with van der Waals surface area (Å²) >= 11 is 12.1. The van der Waals surface area contributed by atoms with Crippen LogP contribution in [0.2, 0.25) is 10.0 Å². The quantitative estimate of drug-likeness (QED) is 0.167. The molecule has 0 spiro atoms. The normalized spacial score (nSPS) is 11.3. The van der Waals surface area contributed by atoms with Gasteiger partial charge < -0.3 is 19.2 Å². The van der Waals surface area contributed by atoms with E-state index < -0.39 is 0 Å². The first-order chi connectivity index (χ1) is 21.4. The zero-order valence-corrected chi connectivity index (χ0v) is 24.8. The number of ether oxygens (including phenoxy) is 2. The monoisotopic (exact) mass is 626 g/mol. The molecular weight excluding hydrogens is 603 g/mol. The van der Waals surface area contributed by atoms with Gasteiger partial charge in [0, 0.05) is 21.1 Å². The van der Waals surface area contributed by atoms with Crippen LogP contribution >= 0.6 is 23.2 Å². The summed E-state index contributed by atoms with van der Waals surface area (Å²) in [5.41, 5.74) is 1.97. The van der Waals surface area contributed by atoms with Gasteiger partial charge in [0.1, 0.15) is 5.58 Å². The molecule has 220 valence electrons. The van der Waals surface area contributed by atoms with Crippen molar-refractivity contribution in [1.29, 1.82) is 0 Å². The molecule has 0 fully saturated rings. The van der Waals surface area contributed by atoms with Gasteiger partial charge in [0.25, 0.3) is 11.5 Å². The van der Waals surface area contributed by atoms with Gasteiger partial charge in [-0.05, 0) is 91.3 Å². The molecule has 1 amide bonds. The van der Waals surface area contributed by atoms with E-state index in [0.29, 0.717) is 61.6 Å². The second-order valence-corrected chi connectivity index (χ2v) is 10.5. The number of hydrogen-bond donors (Lipinski definition) is 1. The number of rotatable bonds is 9. The van der Waals surface area contributed by atoms with Gasteiger partial charge in [0.05, 0.1) is 23.7 Å². The second-order valence-electron chi connectivity index (χ2n) is 9.59. The lowest BCUT2D eigenvalue weighted by atomic mass is 10.2. The minimum absolute atomic E-state index is 0.231. The number of carbonyl (C=O) groups excluding carboxylic acids is 1. The molecule has 0 unspecified atom stereocenters. The zero-order chi connectivity index (χ0) is 30.6. The number of amides is 1. The van der Waals surface area contributed by atoms with Crippen LogP contribution in [0.3, 0.4) is 0 Å². The van der Waals surface area contributed by atoms with Crippen LogP contribution in [0.25, 0.3) is 33.5 Å². The third-order valence-electron chi connectivity index (χ3n) is 6.53. The number of nitrogens with zero attached hydrogens (tertiary/aromatic N) is 3. The minimum Gasteiger partial charge on any atom is -0.490 e. The van der Waals surface area contributed by atoms with Crippen molar-refractivity contribution in [1.82, 2.24) is 9.66 Å². The molecular formula is C33H24Cl2N4O5. The molecule has 0 bridgehead atoms. The van der Waals surface area contributed by atoms with Gasteiger partial charge in [0.2, 0.25) is 5.82 Å². The first-order valence-electron chi connectivity index (χ1n) is 13.6. The molecule has 0 radical (unpaired) electrons. The topological polar surface area (TPSA) is 108 Å². The van der Waals surface area contributed by atoms with Crippen molar-refractivity contribution in [2.75, 3.05) is 18.5 Å². The largest absolute Gasteiger partial charge is 0.490 e.